The second-order valence-corrected chi connectivity index (χ2v) is 9.15. The third-order valence-electron chi connectivity index (χ3n) is 6.83. The van der Waals surface area contributed by atoms with Crippen molar-refractivity contribution in [2.75, 3.05) is 38.0 Å². The predicted octanol–water partition coefficient (Wildman–Crippen LogP) is 5.41. The molecule has 0 saturated carbocycles. The Morgan fingerprint density at radius 1 is 0.935 bits per heavy atom. The fourth-order valence-corrected chi connectivity index (χ4v) is 4.94. The average molecular weight is 424 g/mol. The van der Waals surface area contributed by atoms with Gasteiger partial charge >= 0.3 is 6.03 Å². The minimum absolute atomic E-state index is 0.0255. The Morgan fingerprint density at radius 2 is 1.68 bits per heavy atom. The third kappa shape index (κ3) is 6.54. The van der Waals surface area contributed by atoms with Crippen molar-refractivity contribution in [3.63, 3.8) is 0 Å². The van der Waals surface area contributed by atoms with Crippen molar-refractivity contribution in [3.05, 3.63) is 66.0 Å². The van der Waals surface area contributed by atoms with Gasteiger partial charge in [0, 0.05) is 18.8 Å². The second kappa shape index (κ2) is 10.8. The summed E-state index contributed by atoms with van der Waals surface area (Å²) in [5, 5.41) is 3.02. The van der Waals surface area contributed by atoms with Gasteiger partial charge in [-0.2, -0.15) is 0 Å². The molecule has 166 valence electrons. The van der Waals surface area contributed by atoms with Gasteiger partial charge in [-0.1, -0.05) is 30.3 Å². The number of para-hydroxylation sites is 1. The summed E-state index contributed by atoms with van der Waals surface area (Å²) in [6.07, 6.45) is 6.96. The third-order valence-corrected chi connectivity index (χ3v) is 6.83. The molecule has 2 heterocycles. The van der Waals surface area contributed by atoms with Gasteiger partial charge in [0.1, 0.15) is 5.82 Å². The lowest BCUT2D eigenvalue weighted by molar-refractivity contribution is 0.145. The van der Waals surface area contributed by atoms with Crippen molar-refractivity contribution < 1.29 is 9.18 Å². The maximum absolute atomic E-state index is 13.1. The molecule has 1 N–H and O–H groups in total. The SMILES string of the molecule is O=C(Nc1ccccc1)N1CCCC(CCN2CCC(Cc3ccc(F)cc3)CC2)C1. The molecular weight excluding hydrogens is 389 g/mol. The fourth-order valence-electron chi connectivity index (χ4n) is 4.94. The van der Waals surface area contributed by atoms with Crippen LogP contribution in [0.15, 0.2) is 54.6 Å². The lowest BCUT2D eigenvalue weighted by Gasteiger charge is -2.36. The molecule has 0 radical (unpaired) electrons. The van der Waals surface area contributed by atoms with E-state index in [4.69, 9.17) is 0 Å². The predicted molar refractivity (Wildman–Crippen MR) is 124 cm³/mol. The minimum atomic E-state index is -0.155. The van der Waals surface area contributed by atoms with E-state index in [1.807, 2.05) is 47.4 Å². The number of likely N-dealkylation sites (tertiary alicyclic amines) is 2. The molecular formula is C26H34FN3O. The largest absolute Gasteiger partial charge is 0.324 e. The molecule has 2 saturated heterocycles. The Labute approximate surface area is 185 Å². The summed E-state index contributed by atoms with van der Waals surface area (Å²) in [6, 6.07) is 16.7. The highest BCUT2D eigenvalue weighted by Gasteiger charge is 2.25. The van der Waals surface area contributed by atoms with Crippen LogP contribution in [-0.2, 0) is 6.42 Å². The molecule has 0 spiro atoms. The number of anilines is 1. The molecule has 2 aromatic carbocycles. The first-order chi connectivity index (χ1) is 15.2. The second-order valence-electron chi connectivity index (χ2n) is 9.15. The van der Waals surface area contributed by atoms with Crippen LogP contribution in [0, 0.1) is 17.7 Å². The molecule has 0 aliphatic carbocycles. The summed E-state index contributed by atoms with van der Waals surface area (Å²) in [5.74, 6) is 1.14. The first-order valence-corrected chi connectivity index (χ1v) is 11.7. The minimum Gasteiger partial charge on any atom is -0.324 e. The highest BCUT2D eigenvalue weighted by molar-refractivity contribution is 5.89. The fraction of sp³-hybridized carbons (Fsp3) is 0.500. The van der Waals surface area contributed by atoms with Crippen molar-refractivity contribution in [2.24, 2.45) is 11.8 Å². The Kier molecular flexibility index (Phi) is 7.57. The van der Waals surface area contributed by atoms with Crippen LogP contribution >= 0.6 is 0 Å². The molecule has 1 atom stereocenters. The summed E-state index contributed by atoms with van der Waals surface area (Å²) in [7, 11) is 0. The van der Waals surface area contributed by atoms with E-state index < -0.39 is 0 Å². The molecule has 2 aromatic rings. The van der Waals surface area contributed by atoms with Gasteiger partial charge in [-0.05, 0) is 99.8 Å². The number of urea groups is 1. The Hall–Kier alpha value is -2.40. The lowest BCUT2D eigenvalue weighted by Crippen LogP contribution is -2.43. The van der Waals surface area contributed by atoms with Crippen LogP contribution in [0.1, 0.15) is 37.7 Å². The van der Waals surface area contributed by atoms with Gasteiger partial charge in [0.05, 0.1) is 0 Å². The maximum Gasteiger partial charge on any atom is 0.321 e. The van der Waals surface area contributed by atoms with Crippen LogP contribution in [0.2, 0.25) is 0 Å². The Balaban J connectivity index is 1.16. The highest BCUT2D eigenvalue weighted by atomic mass is 19.1. The standard InChI is InChI=1S/C26H34FN3O/c27-24-10-8-21(9-11-24)19-22-12-16-29(17-13-22)18-14-23-5-4-15-30(20-23)26(31)28-25-6-2-1-3-7-25/h1-3,6-11,22-23H,4-5,12-20H2,(H,28,31). The van der Waals surface area contributed by atoms with Gasteiger partial charge < -0.3 is 15.1 Å². The number of rotatable bonds is 6. The quantitative estimate of drug-likeness (QED) is 0.674. The summed E-state index contributed by atoms with van der Waals surface area (Å²) in [5.41, 5.74) is 2.11. The number of amides is 2. The molecule has 1 unspecified atom stereocenters. The lowest BCUT2D eigenvalue weighted by atomic mass is 9.89. The van der Waals surface area contributed by atoms with E-state index >= 15 is 0 Å². The molecule has 0 bridgehead atoms. The van der Waals surface area contributed by atoms with Crippen LogP contribution < -0.4 is 5.32 Å². The number of nitrogens with zero attached hydrogens (tertiary/aromatic N) is 2. The van der Waals surface area contributed by atoms with Gasteiger partial charge in [0.25, 0.3) is 0 Å². The van der Waals surface area contributed by atoms with Crippen LogP contribution in [0.25, 0.3) is 0 Å². The van der Waals surface area contributed by atoms with Crippen LogP contribution in [0.3, 0.4) is 0 Å². The van der Waals surface area contributed by atoms with E-state index in [0.717, 1.165) is 57.7 Å². The molecule has 31 heavy (non-hydrogen) atoms. The molecule has 2 fully saturated rings. The number of hydrogen-bond acceptors (Lipinski definition) is 2. The Morgan fingerprint density at radius 3 is 2.42 bits per heavy atom. The number of halogens is 1. The summed E-state index contributed by atoms with van der Waals surface area (Å²) in [4.78, 5) is 17.2. The molecule has 4 nitrogen and oxygen atoms in total. The van der Waals surface area contributed by atoms with Crippen LogP contribution in [-0.4, -0.2) is 48.6 Å². The van der Waals surface area contributed by atoms with Crippen LogP contribution in [0.5, 0.6) is 0 Å². The first-order valence-electron chi connectivity index (χ1n) is 11.7. The van der Waals surface area contributed by atoms with E-state index in [2.05, 4.69) is 10.2 Å². The first kappa shape index (κ1) is 21.8. The van der Waals surface area contributed by atoms with Crippen molar-refractivity contribution in [1.29, 1.82) is 0 Å². The normalized spacial score (nSPS) is 20.5. The zero-order chi connectivity index (χ0) is 21.5. The highest BCUT2D eigenvalue weighted by Crippen LogP contribution is 2.25. The smallest absolute Gasteiger partial charge is 0.321 e. The van der Waals surface area contributed by atoms with E-state index in [0.29, 0.717) is 11.8 Å². The maximum atomic E-state index is 13.1. The number of nitrogens with one attached hydrogen (secondary N) is 1. The van der Waals surface area contributed by atoms with Crippen molar-refractivity contribution >= 4 is 11.7 Å². The summed E-state index contributed by atoms with van der Waals surface area (Å²) < 4.78 is 13.1. The molecule has 2 aliphatic heterocycles. The number of benzene rings is 2. The van der Waals surface area contributed by atoms with Gasteiger partial charge in [-0.15, -0.1) is 0 Å². The summed E-state index contributed by atoms with van der Waals surface area (Å²) >= 11 is 0. The van der Waals surface area contributed by atoms with E-state index in [1.165, 1.54) is 24.8 Å². The van der Waals surface area contributed by atoms with Crippen LogP contribution in [0.4, 0.5) is 14.9 Å². The molecule has 2 amide bonds. The topological polar surface area (TPSA) is 35.6 Å². The number of piperidine rings is 2. The van der Waals surface area contributed by atoms with E-state index in [-0.39, 0.29) is 11.8 Å². The van der Waals surface area contributed by atoms with Gasteiger partial charge in [-0.25, -0.2) is 9.18 Å². The van der Waals surface area contributed by atoms with Gasteiger partial charge in [0.2, 0.25) is 0 Å². The van der Waals surface area contributed by atoms with Crippen molar-refractivity contribution in [1.82, 2.24) is 9.80 Å². The van der Waals surface area contributed by atoms with Crippen molar-refractivity contribution in [2.45, 2.75) is 38.5 Å². The monoisotopic (exact) mass is 423 g/mol. The number of carbonyl (C=O) groups is 1. The number of carbonyl (C=O) groups excluding carboxylic acids is 1. The average Bonchev–Trinajstić information content (AvgIpc) is 2.81. The number of hydrogen-bond donors (Lipinski definition) is 1. The zero-order valence-electron chi connectivity index (χ0n) is 18.3. The molecule has 5 heteroatoms. The summed E-state index contributed by atoms with van der Waals surface area (Å²) in [6.45, 7) is 5.14. The molecule has 2 aliphatic rings. The molecule has 0 aromatic heterocycles. The Bertz CT molecular complexity index is 818. The van der Waals surface area contributed by atoms with E-state index in [1.54, 1.807) is 12.1 Å². The molecule has 4 rings (SSSR count). The zero-order valence-corrected chi connectivity index (χ0v) is 18.3. The van der Waals surface area contributed by atoms with Crippen molar-refractivity contribution in [3.8, 4) is 0 Å². The van der Waals surface area contributed by atoms with Gasteiger partial charge in [-0.3, -0.25) is 0 Å². The van der Waals surface area contributed by atoms with Gasteiger partial charge in [0.15, 0.2) is 0 Å². The van der Waals surface area contributed by atoms with E-state index in [9.17, 15) is 9.18 Å².